The fourth-order valence-corrected chi connectivity index (χ4v) is 2.98. The summed E-state index contributed by atoms with van der Waals surface area (Å²) < 4.78 is 26.3. The number of halogens is 2. The maximum Gasteiger partial charge on any atom is 0.236 e. The zero-order chi connectivity index (χ0) is 13.9. The molecule has 4 nitrogen and oxygen atoms in total. The van der Waals surface area contributed by atoms with Crippen LogP contribution in [0.1, 0.15) is 5.56 Å². The molecule has 7 heteroatoms. The third-order valence-corrected chi connectivity index (χ3v) is 4.27. The minimum atomic E-state index is -3.51. The molecule has 1 aromatic carbocycles. The second-order valence-corrected chi connectivity index (χ2v) is 6.39. The number of aromatic nitrogens is 1. The van der Waals surface area contributed by atoms with Crippen molar-refractivity contribution in [2.45, 2.75) is 5.75 Å². The van der Waals surface area contributed by atoms with Crippen LogP contribution in [0, 0.1) is 0 Å². The van der Waals surface area contributed by atoms with Crippen LogP contribution in [0.3, 0.4) is 0 Å². The van der Waals surface area contributed by atoms with Gasteiger partial charge >= 0.3 is 0 Å². The van der Waals surface area contributed by atoms with Crippen molar-refractivity contribution in [2.24, 2.45) is 0 Å². The lowest BCUT2D eigenvalue weighted by Crippen LogP contribution is -2.15. The molecule has 19 heavy (non-hydrogen) atoms. The van der Waals surface area contributed by atoms with Crippen molar-refractivity contribution < 1.29 is 8.42 Å². The molecule has 0 aliphatic carbocycles. The first-order valence-corrected chi connectivity index (χ1v) is 7.71. The first-order chi connectivity index (χ1) is 8.96. The van der Waals surface area contributed by atoms with Gasteiger partial charge in [0.05, 0.1) is 27.7 Å². The van der Waals surface area contributed by atoms with Crippen molar-refractivity contribution >= 4 is 38.9 Å². The number of hydrogen-bond donors (Lipinski definition) is 1. The summed E-state index contributed by atoms with van der Waals surface area (Å²) >= 11 is 11.6. The third-order valence-electron chi connectivity index (χ3n) is 2.28. The van der Waals surface area contributed by atoms with Gasteiger partial charge in [0, 0.05) is 6.20 Å². The van der Waals surface area contributed by atoms with Gasteiger partial charge in [-0.25, -0.2) is 8.42 Å². The Morgan fingerprint density at radius 3 is 2.58 bits per heavy atom. The van der Waals surface area contributed by atoms with Crippen molar-refractivity contribution in [1.82, 2.24) is 4.98 Å². The molecule has 0 radical (unpaired) electrons. The first-order valence-electron chi connectivity index (χ1n) is 5.31. The SMILES string of the molecule is O=S(=O)(Cc1ccc(Cl)c(Cl)c1)Nc1cccnc1. The van der Waals surface area contributed by atoms with Crippen molar-refractivity contribution in [3.8, 4) is 0 Å². The van der Waals surface area contributed by atoms with E-state index in [0.717, 1.165) is 0 Å². The standard InChI is InChI=1S/C12H10Cl2N2O2S/c13-11-4-3-9(6-12(11)14)8-19(17,18)16-10-2-1-5-15-7-10/h1-7,16H,8H2. The van der Waals surface area contributed by atoms with Crippen LogP contribution >= 0.6 is 23.2 Å². The molecule has 0 atom stereocenters. The molecule has 0 amide bonds. The first kappa shape index (κ1) is 14.1. The zero-order valence-corrected chi connectivity index (χ0v) is 12.0. The van der Waals surface area contributed by atoms with Gasteiger partial charge in [0.2, 0.25) is 10.0 Å². The number of pyridine rings is 1. The van der Waals surface area contributed by atoms with Gasteiger partial charge in [-0.3, -0.25) is 9.71 Å². The van der Waals surface area contributed by atoms with Gasteiger partial charge < -0.3 is 0 Å². The van der Waals surface area contributed by atoms with Gasteiger partial charge in [0.15, 0.2) is 0 Å². The Balaban J connectivity index is 2.15. The van der Waals surface area contributed by atoms with Gasteiger partial charge in [-0.2, -0.15) is 0 Å². The molecule has 0 aliphatic heterocycles. The Bertz CT molecular complexity index is 675. The van der Waals surface area contributed by atoms with E-state index in [0.29, 0.717) is 21.3 Å². The molecule has 0 aliphatic rings. The highest BCUT2D eigenvalue weighted by atomic mass is 35.5. The summed E-state index contributed by atoms with van der Waals surface area (Å²) in [5.41, 5.74) is 0.980. The van der Waals surface area contributed by atoms with Crippen LogP contribution in [0.2, 0.25) is 10.0 Å². The molecule has 1 aromatic heterocycles. The van der Waals surface area contributed by atoms with Crippen molar-refractivity contribution in [3.05, 3.63) is 58.3 Å². The summed E-state index contributed by atoms with van der Waals surface area (Å²) in [7, 11) is -3.51. The van der Waals surface area contributed by atoms with E-state index in [-0.39, 0.29) is 5.75 Å². The number of nitrogens with one attached hydrogen (secondary N) is 1. The molecule has 0 bridgehead atoms. The quantitative estimate of drug-likeness (QED) is 0.941. The Kier molecular flexibility index (Phi) is 4.29. The molecule has 2 rings (SSSR count). The average Bonchev–Trinajstić information content (AvgIpc) is 2.34. The van der Waals surface area contributed by atoms with Crippen LogP contribution in [-0.4, -0.2) is 13.4 Å². The largest absolute Gasteiger partial charge is 0.282 e. The second kappa shape index (κ2) is 5.77. The van der Waals surface area contributed by atoms with Crippen LogP contribution < -0.4 is 4.72 Å². The third kappa shape index (κ3) is 4.09. The fourth-order valence-electron chi connectivity index (χ4n) is 1.49. The minimum absolute atomic E-state index is 0.182. The number of rotatable bonds is 4. The zero-order valence-electron chi connectivity index (χ0n) is 9.68. The molecule has 0 saturated heterocycles. The molecule has 1 heterocycles. The van der Waals surface area contributed by atoms with Crippen LogP contribution in [0.4, 0.5) is 5.69 Å². The molecule has 0 fully saturated rings. The van der Waals surface area contributed by atoms with Gasteiger partial charge in [-0.15, -0.1) is 0 Å². The molecular formula is C12H10Cl2N2O2S. The highest BCUT2D eigenvalue weighted by molar-refractivity contribution is 7.91. The van der Waals surface area contributed by atoms with E-state index in [1.807, 2.05) is 0 Å². The highest BCUT2D eigenvalue weighted by Gasteiger charge is 2.12. The Labute approximate surface area is 121 Å². The predicted molar refractivity (Wildman–Crippen MR) is 76.9 cm³/mol. The molecule has 0 unspecified atom stereocenters. The number of sulfonamides is 1. The predicted octanol–water partition coefficient (Wildman–Crippen LogP) is 3.33. The lowest BCUT2D eigenvalue weighted by molar-refractivity contribution is 0.600. The molecule has 100 valence electrons. The van der Waals surface area contributed by atoms with Gasteiger partial charge in [-0.1, -0.05) is 29.3 Å². The summed E-state index contributed by atoms with van der Waals surface area (Å²) in [6.07, 6.45) is 3.00. The molecule has 2 aromatic rings. The number of anilines is 1. The lowest BCUT2D eigenvalue weighted by atomic mass is 10.2. The minimum Gasteiger partial charge on any atom is -0.282 e. The van der Waals surface area contributed by atoms with Crippen LogP contribution in [-0.2, 0) is 15.8 Å². The smallest absolute Gasteiger partial charge is 0.236 e. The molecule has 1 N–H and O–H groups in total. The second-order valence-electron chi connectivity index (χ2n) is 3.85. The maximum atomic E-state index is 12.0. The average molecular weight is 317 g/mol. The summed E-state index contributed by atoms with van der Waals surface area (Å²) in [5, 5.41) is 0.721. The normalized spacial score (nSPS) is 11.3. The number of hydrogen-bond acceptors (Lipinski definition) is 3. The van der Waals surface area contributed by atoms with Crippen LogP contribution in [0.25, 0.3) is 0 Å². The Morgan fingerprint density at radius 1 is 1.16 bits per heavy atom. The van der Waals surface area contributed by atoms with E-state index in [1.54, 1.807) is 30.5 Å². The summed E-state index contributed by atoms with van der Waals surface area (Å²) in [4.78, 5) is 3.84. The summed E-state index contributed by atoms with van der Waals surface area (Å²) in [6, 6.07) is 8.00. The van der Waals surface area contributed by atoms with E-state index >= 15 is 0 Å². The number of nitrogens with zero attached hydrogens (tertiary/aromatic N) is 1. The van der Waals surface area contributed by atoms with E-state index in [2.05, 4.69) is 9.71 Å². The Morgan fingerprint density at radius 2 is 1.95 bits per heavy atom. The van der Waals surface area contributed by atoms with Crippen molar-refractivity contribution in [3.63, 3.8) is 0 Å². The van der Waals surface area contributed by atoms with Crippen LogP contribution in [0.15, 0.2) is 42.7 Å². The van der Waals surface area contributed by atoms with Gasteiger partial charge in [0.25, 0.3) is 0 Å². The van der Waals surface area contributed by atoms with Crippen LogP contribution in [0.5, 0.6) is 0 Å². The highest BCUT2D eigenvalue weighted by Crippen LogP contribution is 2.23. The van der Waals surface area contributed by atoms with E-state index in [1.165, 1.54) is 12.3 Å². The summed E-state index contributed by atoms with van der Waals surface area (Å²) in [5.74, 6) is -0.182. The molecule has 0 spiro atoms. The number of benzene rings is 1. The summed E-state index contributed by atoms with van der Waals surface area (Å²) in [6.45, 7) is 0. The van der Waals surface area contributed by atoms with E-state index < -0.39 is 10.0 Å². The topological polar surface area (TPSA) is 59.1 Å². The van der Waals surface area contributed by atoms with E-state index in [9.17, 15) is 8.42 Å². The molecular weight excluding hydrogens is 307 g/mol. The van der Waals surface area contributed by atoms with Crippen molar-refractivity contribution in [2.75, 3.05) is 4.72 Å². The lowest BCUT2D eigenvalue weighted by Gasteiger charge is -2.08. The fraction of sp³-hybridized carbons (Fsp3) is 0.0833. The van der Waals surface area contributed by atoms with E-state index in [4.69, 9.17) is 23.2 Å². The molecule has 0 saturated carbocycles. The van der Waals surface area contributed by atoms with Gasteiger partial charge in [-0.05, 0) is 29.8 Å². The monoisotopic (exact) mass is 316 g/mol. The maximum absolute atomic E-state index is 12.0. The van der Waals surface area contributed by atoms with Crippen molar-refractivity contribution in [1.29, 1.82) is 0 Å². The van der Waals surface area contributed by atoms with Gasteiger partial charge in [0.1, 0.15) is 0 Å². The Hall–Kier alpha value is -1.30.